The molecule has 0 saturated heterocycles. The number of rotatable bonds is 5. The van der Waals surface area contributed by atoms with E-state index < -0.39 is 18.2 Å². The molecular formula is C8H12O5. The maximum Gasteiger partial charge on any atom is 0.340 e. The predicted octanol–water partition coefficient (Wildman–Crippen LogP) is -0.972. The Labute approximate surface area is 75.6 Å². The van der Waals surface area contributed by atoms with E-state index >= 15 is 0 Å². The number of carbonyl (C=O) groups is 2. The summed E-state index contributed by atoms with van der Waals surface area (Å²) in [6.45, 7) is 3.49. The van der Waals surface area contributed by atoms with E-state index in [0.29, 0.717) is 0 Å². The average Bonchev–Trinajstić information content (AvgIpc) is 2.13. The van der Waals surface area contributed by atoms with Crippen LogP contribution < -0.4 is 0 Å². The molecule has 1 unspecified atom stereocenters. The maximum absolute atomic E-state index is 10.8. The van der Waals surface area contributed by atoms with Crippen LogP contribution in [0.15, 0.2) is 12.2 Å². The summed E-state index contributed by atoms with van der Waals surface area (Å²) >= 11 is 0. The number of aliphatic hydroxyl groups is 2. The lowest BCUT2D eigenvalue weighted by atomic mass is 10.1. The lowest BCUT2D eigenvalue weighted by Crippen LogP contribution is -2.36. The highest BCUT2D eigenvalue weighted by Crippen LogP contribution is 2.03. The molecule has 74 valence electrons. The molecule has 0 aromatic heterocycles. The van der Waals surface area contributed by atoms with Gasteiger partial charge in [0.25, 0.3) is 0 Å². The van der Waals surface area contributed by atoms with Crippen LogP contribution in [0.1, 0.15) is 6.92 Å². The first-order valence-electron chi connectivity index (χ1n) is 3.57. The number of aliphatic hydroxyl groups excluding tert-OH is 1. The third-order valence-electron chi connectivity index (χ3n) is 1.26. The Hall–Kier alpha value is -1.20. The molecule has 0 saturated carbocycles. The van der Waals surface area contributed by atoms with E-state index in [1.54, 1.807) is 0 Å². The van der Waals surface area contributed by atoms with Crippen molar-refractivity contribution in [3.63, 3.8) is 0 Å². The Morgan fingerprint density at radius 2 is 2.23 bits per heavy atom. The summed E-state index contributed by atoms with van der Waals surface area (Å²) in [5, 5.41) is 17.8. The topological polar surface area (TPSA) is 83.8 Å². The monoisotopic (exact) mass is 188 g/mol. The van der Waals surface area contributed by atoms with E-state index in [0.717, 1.165) is 0 Å². The highest BCUT2D eigenvalue weighted by Gasteiger charge is 2.21. The van der Waals surface area contributed by atoms with E-state index in [2.05, 4.69) is 11.3 Å². The number of aldehydes is 1. The van der Waals surface area contributed by atoms with Crippen molar-refractivity contribution in [2.75, 3.05) is 13.2 Å². The second-order valence-electron chi connectivity index (χ2n) is 2.87. The predicted molar refractivity (Wildman–Crippen MR) is 43.9 cm³/mol. The van der Waals surface area contributed by atoms with E-state index in [-0.39, 0.29) is 18.5 Å². The van der Waals surface area contributed by atoms with Crippen LogP contribution in [0.25, 0.3) is 0 Å². The normalized spacial score (nSPS) is 14.4. The first-order valence-corrected chi connectivity index (χ1v) is 3.57. The standard InChI is InChI=1S/C8H12O5/c1-6(3-9)7(11)13-5-8(2,12)4-10/h3,10,12H,1,4-5H2,2H3. The van der Waals surface area contributed by atoms with Crippen LogP contribution in [0.3, 0.4) is 0 Å². The van der Waals surface area contributed by atoms with E-state index in [1.807, 2.05) is 0 Å². The summed E-state index contributed by atoms with van der Waals surface area (Å²) < 4.78 is 4.47. The minimum atomic E-state index is -1.49. The summed E-state index contributed by atoms with van der Waals surface area (Å²) in [6.07, 6.45) is 0.260. The number of ether oxygens (including phenoxy) is 1. The molecule has 5 nitrogen and oxygen atoms in total. The quantitative estimate of drug-likeness (QED) is 0.191. The molecule has 0 aliphatic rings. The van der Waals surface area contributed by atoms with Gasteiger partial charge in [0.15, 0.2) is 6.29 Å². The molecule has 5 heteroatoms. The summed E-state index contributed by atoms with van der Waals surface area (Å²) in [6, 6.07) is 0. The molecule has 2 N–H and O–H groups in total. The van der Waals surface area contributed by atoms with Gasteiger partial charge < -0.3 is 14.9 Å². The lowest BCUT2D eigenvalue weighted by Gasteiger charge is -2.19. The van der Waals surface area contributed by atoms with Crippen LogP contribution in [0, 0.1) is 0 Å². The van der Waals surface area contributed by atoms with Crippen molar-refractivity contribution in [1.82, 2.24) is 0 Å². The number of carbonyl (C=O) groups excluding carboxylic acids is 2. The third kappa shape index (κ3) is 4.39. The molecule has 13 heavy (non-hydrogen) atoms. The molecule has 0 radical (unpaired) electrons. The summed E-state index contributed by atoms with van der Waals surface area (Å²) in [7, 11) is 0. The Balaban J connectivity index is 3.96. The van der Waals surface area contributed by atoms with Crippen molar-refractivity contribution in [3.8, 4) is 0 Å². The van der Waals surface area contributed by atoms with Crippen molar-refractivity contribution in [2.45, 2.75) is 12.5 Å². The summed E-state index contributed by atoms with van der Waals surface area (Å²) in [5.74, 6) is -0.899. The Kier molecular flexibility index (Phi) is 4.30. The van der Waals surface area contributed by atoms with Gasteiger partial charge in [0.05, 0.1) is 12.2 Å². The lowest BCUT2D eigenvalue weighted by molar-refractivity contribution is -0.148. The molecule has 0 aliphatic heterocycles. The van der Waals surface area contributed by atoms with Crippen molar-refractivity contribution >= 4 is 12.3 Å². The maximum atomic E-state index is 10.8. The van der Waals surface area contributed by atoms with Crippen molar-refractivity contribution < 1.29 is 24.5 Å². The Bertz CT molecular complexity index is 219. The van der Waals surface area contributed by atoms with Gasteiger partial charge in [0.1, 0.15) is 12.2 Å². The van der Waals surface area contributed by atoms with Gasteiger partial charge >= 0.3 is 5.97 Å². The van der Waals surface area contributed by atoms with Crippen molar-refractivity contribution in [1.29, 1.82) is 0 Å². The largest absolute Gasteiger partial charge is 0.459 e. The molecule has 1 atom stereocenters. The molecule has 0 amide bonds. The van der Waals surface area contributed by atoms with Crippen molar-refractivity contribution in [2.24, 2.45) is 0 Å². The minimum absolute atomic E-state index is 0.260. The zero-order chi connectivity index (χ0) is 10.5. The van der Waals surface area contributed by atoms with E-state index in [1.165, 1.54) is 6.92 Å². The molecular weight excluding hydrogens is 176 g/mol. The first kappa shape index (κ1) is 11.8. The van der Waals surface area contributed by atoms with Gasteiger partial charge in [-0.15, -0.1) is 0 Å². The summed E-state index contributed by atoms with van der Waals surface area (Å²) in [4.78, 5) is 20.8. The van der Waals surface area contributed by atoms with Crippen LogP contribution in [0.4, 0.5) is 0 Å². The fraction of sp³-hybridized carbons (Fsp3) is 0.500. The van der Waals surface area contributed by atoms with Gasteiger partial charge in [0.2, 0.25) is 0 Å². The highest BCUT2D eigenvalue weighted by atomic mass is 16.5. The van der Waals surface area contributed by atoms with Crippen LogP contribution in [0.5, 0.6) is 0 Å². The van der Waals surface area contributed by atoms with E-state index in [4.69, 9.17) is 5.11 Å². The van der Waals surface area contributed by atoms with Crippen molar-refractivity contribution in [3.05, 3.63) is 12.2 Å². The molecule has 0 aromatic carbocycles. The summed E-state index contributed by atoms with van der Waals surface area (Å²) in [5.41, 5.74) is -1.81. The fourth-order valence-electron chi connectivity index (χ4n) is 0.407. The Morgan fingerprint density at radius 3 is 2.62 bits per heavy atom. The third-order valence-corrected chi connectivity index (χ3v) is 1.26. The average molecular weight is 188 g/mol. The highest BCUT2D eigenvalue weighted by molar-refractivity contribution is 6.06. The smallest absolute Gasteiger partial charge is 0.340 e. The minimum Gasteiger partial charge on any atom is -0.459 e. The molecule has 0 aliphatic carbocycles. The zero-order valence-corrected chi connectivity index (χ0v) is 7.32. The van der Waals surface area contributed by atoms with Gasteiger partial charge in [-0.25, -0.2) is 4.79 Å². The molecule has 0 aromatic rings. The SMILES string of the molecule is C=C(C=O)C(=O)OCC(C)(O)CO. The first-order chi connectivity index (χ1) is 5.93. The van der Waals surface area contributed by atoms with Crippen LogP contribution in [0.2, 0.25) is 0 Å². The second kappa shape index (κ2) is 4.74. The molecule has 0 rings (SSSR count). The van der Waals surface area contributed by atoms with Gasteiger partial charge in [-0.05, 0) is 6.92 Å². The zero-order valence-electron chi connectivity index (χ0n) is 7.32. The molecule has 0 heterocycles. The fourth-order valence-corrected chi connectivity index (χ4v) is 0.407. The second-order valence-corrected chi connectivity index (χ2v) is 2.87. The Morgan fingerprint density at radius 1 is 1.69 bits per heavy atom. The number of hydrogen-bond acceptors (Lipinski definition) is 5. The molecule has 0 spiro atoms. The van der Waals surface area contributed by atoms with Gasteiger partial charge in [0, 0.05) is 0 Å². The van der Waals surface area contributed by atoms with Crippen LogP contribution in [-0.4, -0.2) is 41.3 Å². The molecule has 0 fully saturated rings. The van der Waals surface area contributed by atoms with Crippen LogP contribution >= 0.6 is 0 Å². The number of hydrogen-bond donors (Lipinski definition) is 2. The molecule has 0 bridgehead atoms. The van der Waals surface area contributed by atoms with Gasteiger partial charge in [-0.1, -0.05) is 6.58 Å². The number of esters is 1. The van der Waals surface area contributed by atoms with Crippen LogP contribution in [-0.2, 0) is 14.3 Å². The van der Waals surface area contributed by atoms with Gasteiger partial charge in [-0.3, -0.25) is 4.79 Å². The van der Waals surface area contributed by atoms with Gasteiger partial charge in [-0.2, -0.15) is 0 Å². The van der Waals surface area contributed by atoms with E-state index in [9.17, 15) is 14.7 Å².